The average molecular weight is 429 g/mol. The van der Waals surface area contributed by atoms with Crippen LogP contribution in [0.4, 0.5) is 5.69 Å². The predicted octanol–water partition coefficient (Wildman–Crippen LogP) is 4.77. The number of para-hydroxylation sites is 1. The minimum absolute atomic E-state index is 0.0446. The van der Waals surface area contributed by atoms with E-state index >= 15 is 0 Å². The molecule has 0 spiro atoms. The molecule has 0 saturated heterocycles. The number of dihydropyridines is 1. The molecule has 3 atom stereocenters. The smallest absolute Gasteiger partial charge is 0.117 e. The lowest BCUT2D eigenvalue weighted by Crippen LogP contribution is -2.52. The van der Waals surface area contributed by atoms with E-state index in [9.17, 15) is 0 Å². The van der Waals surface area contributed by atoms with Gasteiger partial charge in [0.2, 0.25) is 0 Å². The third kappa shape index (κ3) is 2.94. The third-order valence-corrected chi connectivity index (χ3v) is 8.27. The van der Waals surface area contributed by atoms with Crippen LogP contribution in [0.5, 0.6) is 0 Å². The van der Waals surface area contributed by atoms with Crippen molar-refractivity contribution in [2.45, 2.75) is 48.7 Å². The molecule has 4 nitrogen and oxygen atoms in total. The van der Waals surface area contributed by atoms with Crippen LogP contribution in [-0.4, -0.2) is 18.1 Å². The van der Waals surface area contributed by atoms with Crippen molar-refractivity contribution in [3.8, 4) is 0 Å². The van der Waals surface area contributed by atoms with Gasteiger partial charge in [0, 0.05) is 33.9 Å². The summed E-state index contributed by atoms with van der Waals surface area (Å²) in [5.41, 5.74) is 9.46. The van der Waals surface area contributed by atoms with Gasteiger partial charge >= 0.3 is 0 Å². The molecule has 31 heavy (non-hydrogen) atoms. The highest BCUT2D eigenvalue weighted by atomic mass is 32.2. The molecule has 0 bridgehead atoms. The van der Waals surface area contributed by atoms with Gasteiger partial charge in [0.15, 0.2) is 0 Å². The van der Waals surface area contributed by atoms with Crippen LogP contribution in [0.1, 0.15) is 37.9 Å². The van der Waals surface area contributed by atoms with Crippen molar-refractivity contribution in [2.75, 3.05) is 11.9 Å². The lowest BCUT2D eigenvalue weighted by molar-refractivity contribution is 0.406. The van der Waals surface area contributed by atoms with Crippen LogP contribution < -0.4 is 21.3 Å². The first-order chi connectivity index (χ1) is 15.0. The standard InChI is InChI=1S/C26H28N4S/c1-15-22-23(17-8-4-5-9-18(17)26(22,2)3)30-24(28-15)16-12-13-20(27-14-16)25-29-19-10-6-7-11-21(19)31-25/h4-13,23-25,27-30H,14H2,1-3H3. The maximum Gasteiger partial charge on any atom is 0.117 e. The van der Waals surface area contributed by atoms with Gasteiger partial charge in [-0.05, 0) is 47.4 Å². The Morgan fingerprint density at radius 1 is 0.968 bits per heavy atom. The van der Waals surface area contributed by atoms with Crippen molar-refractivity contribution in [3.05, 3.63) is 94.4 Å². The Morgan fingerprint density at radius 2 is 1.77 bits per heavy atom. The maximum absolute atomic E-state index is 3.90. The van der Waals surface area contributed by atoms with E-state index in [1.165, 1.54) is 44.3 Å². The normalized spacial score (nSPS) is 27.8. The molecule has 0 fully saturated rings. The van der Waals surface area contributed by atoms with Crippen LogP contribution in [0, 0.1) is 0 Å². The number of benzene rings is 2. The van der Waals surface area contributed by atoms with Crippen molar-refractivity contribution >= 4 is 17.4 Å². The van der Waals surface area contributed by atoms with Crippen LogP contribution in [0.2, 0.25) is 0 Å². The maximum atomic E-state index is 3.90. The van der Waals surface area contributed by atoms with Crippen LogP contribution in [0.25, 0.3) is 0 Å². The number of anilines is 1. The third-order valence-electron chi connectivity index (χ3n) is 7.05. The van der Waals surface area contributed by atoms with Gasteiger partial charge in [0.25, 0.3) is 0 Å². The van der Waals surface area contributed by atoms with Crippen LogP contribution in [0.3, 0.4) is 0 Å². The number of rotatable bonds is 2. The largest absolute Gasteiger partial charge is 0.382 e. The van der Waals surface area contributed by atoms with E-state index in [0.29, 0.717) is 0 Å². The highest BCUT2D eigenvalue weighted by molar-refractivity contribution is 8.00. The number of thioether (sulfide) groups is 1. The number of nitrogens with one attached hydrogen (secondary N) is 4. The first kappa shape index (κ1) is 19.1. The molecule has 0 radical (unpaired) electrons. The summed E-state index contributed by atoms with van der Waals surface area (Å²) in [6.07, 6.45) is 4.65. The summed E-state index contributed by atoms with van der Waals surface area (Å²) in [6, 6.07) is 17.7. The van der Waals surface area contributed by atoms with Crippen molar-refractivity contribution < 1.29 is 0 Å². The Bertz CT molecular complexity index is 1130. The molecule has 0 saturated carbocycles. The molecule has 5 heteroatoms. The number of allylic oxidation sites excluding steroid dienone is 3. The predicted molar refractivity (Wildman–Crippen MR) is 129 cm³/mol. The van der Waals surface area contributed by atoms with Gasteiger partial charge < -0.3 is 16.0 Å². The highest BCUT2D eigenvalue weighted by Gasteiger charge is 2.45. The zero-order valence-electron chi connectivity index (χ0n) is 18.1. The minimum Gasteiger partial charge on any atom is -0.382 e. The summed E-state index contributed by atoms with van der Waals surface area (Å²) in [4.78, 5) is 1.32. The molecule has 1 aliphatic carbocycles. The van der Waals surface area contributed by atoms with Gasteiger partial charge in [-0.15, -0.1) is 0 Å². The van der Waals surface area contributed by atoms with Crippen LogP contribution >= 0.6 is 11.8 Å². The van der Waals surface area contributed by atoms with E-state index in [0.717, 1.165) is 6.54 Å². The fourth-order valence-corrected chi connectivity index (χ4v) is 6.70. The lowest BCUT2D eigenvalue weighted by atomic mass is 9.80. The molecule has 2 aromatic carbocycles. The van der Waals surface area contributed by atoms with Crippen LogP contribution in [0.15, 0.2) is 88.1 Å². The van der Waals surface area contributed by atoms with E-state index in [-0.39, 0.29) is 23.0 Å². The summed E-state index contributed by atoms with van der Waals surface area (Å²) in [6.45, 7) is 7.76. The van der Waals surface area contributed by atoms with E-state index in [1.54, 1.807) is 0 Å². The summed E-state index contributed by atoms with van der Waals surface area (Å²) in [7, 11) is 0. The second-order valence-corrected chi connectivity index (χ2v) is 10.4. The van der Waals surface area contributed by atoms with Gasteiger partial charge in [-0.25, -0.2) is 0 Å². The molecule has 158 valence electrons. The van der Waals surface area contributed by atoms with Crippen molar-refractivity contribution in [3.63, 3.8) is 0 Å². The Labute approximate surface area is 188 Å². The number of hydrogen-bond acceptors (Lipinski definition) is 5. The number of fused-ring (bicyclic) bond motifs is 4. The minimum atomic E-state index is 0.0446. The Morgan fingerprint density at radius 3 is 2.58 bits per heavy atom. The first-order valence-corrected chi connectivity index (χ1v) is 11.9. The molecule has 0 amide bonds. The quantitative estimate of drug-likeness (QED) is 0.555. The summed E-state index contributed by atoms with van der Waals surface area (Å²) in [5, 5.41) is 15.2. The topological polar surface area (TPSA) is 48.1 Å². The fourth-order valence-electron chi connectivity index (χ4n) is 5.56. The van der Waals surface area contributed by atoms with Gasteiger partial charge in [-0.1, -0.05) is 68.1 Å². The highest BCUT2D eigenvalue weighted by Crippen LogP contribution is 2.51. The Hall–Kier alpha value is -2.63. The van der Waals surface area contributed by atoms with Crippen molar-refractivity contribution in [2.24, 2.45) is 0 Å². The van der Waals surface area contributed by atoms with Crippen LogP contribution in [-0.2, 0) is 5.41 Å². The SMILES string of the molecule is CC1=C2C(NC(C3=CC=C(C4Nc5ccccc5S4)NC3)N1)c1ccccc1C2(C)C. The summed E-state index contributed by atoms with van der Waals surface area (Å²) >= 11 is 1.87. The second-order valence-electron chi connectivity index (χ2n) is 9.28. The van der Waals surface area contributed by atoms with Gasteiger partial charge in [0.05, 0.1) is 6.04 Å². The monoisotopic (exact) mass is 428 g/mol. The van der Waals surface area contributed by atoms with E-state index in [4.69, 9.17) is 0 Å². The summed E-state index contributed by atoms with van der Waals surface area (Å²) in [5.74, 6) is 0. The lowest BCUT2D eigenvalue weighted by Gasteiger charge is -2.38. The van der Waals surface area contributed by atoms with Gasteiger partial charge in [-0.3, -0.25) is 5.32 Å². The Kier molecular flexibility index (Phi) is 4.27. The molecule has 3 unspecified atom stereocenters. The molecule has 4 N–H and O–H groups in total. The molecule has 3 heterocycles. The molecule has 3 aliphatic heterocycles. The molecular weight excluding hydrogens is 400 g/mol. The molecule has 2 aromatic rings. The van der Waals surface area contributed by atoms with Crippen molar-refractivity contribution in [1.82, 2.24) is 16.0 Å². The van der Waals surface area contributed by atoms with Gasteiger partial charge in [-0.2, -0.15) is 0 Å². The average Bonchev–Trinajstić information content (AvgIpc) is 3.32. The molecule has 6 rings (SSSR count). The van der Waals surface area contributed by atoms with E-state index in [2.05, 4.69) is 103 Å². The van der Waals surface area contributed by atoms with E-state index in [1.807, 2.05) is 11.8 Å². The zero-order valence-corrected chi connectivity index (χ0v) is 18.9. The zero-order chi connectivity index (χ0) is 21.2. The van der Waals surface area contributed by atoms with Gasteiger partial charge in [0.1, 0.15) is 11.5 Å². The van der Waals surface area contributed by atoms with E-state index < -0.39 is 0 Å². The second kappa shape index (κ2) is 6.94. The molecule has 4 aliphatic rings. The first-order valence-electron chi connectivity index (χ1n) is 11.0. The Balaban J connectivity index is 1.25. The number of hydrogen-bond donors (Lipinski definition) is 4. The van der Waals surface area contributed by atoms with Crippen molar-refractivity contribution in [1.29, 1.82) is 0 Å². The molecule has 0 aromatic heterocycles. The fraction of sp³-hybridized carbons (Fsp3) is 0.308. The summed E-state index contributed by atoms with van der Waals surface area (Å²) < 4.78 is 0. The molecular formula is C26H28N4S.